The molecule has 4 nitrogen and oxygen atoms in total. The zero-order valence-corrected chi connectivity index (χ0v) is 13.1. The molecule has 2 rings (SSSR count). The summed E-state index contributed by atoms with van der Waals surface area (Å²) in [5.74, 6) is -0.0112. The van der Waals surface area contributed by atoms with Gasteiger partial charge < -0.3 is 18.8 Å². The third-order valence-corrected chi connectivity index (χ3v) is 5.16. The summed E-state index contributed by atoms with van der Waals surface area (Å²) in [7, 11) is -2.02. The molecule has 18 heavy (non-hydrogen) atoms. The Labute approximate surface area is 110 Å². The van der Waals surface area contributed by atoms with Gasteiger partial charge in [-0.05, 0) is 33.1 Å². The van der Waals surface area contributed by atoms with E-state index in [-0.39, 0.29) is 30.3 Å². The van der Waals surface area contributed by atoms with Gasteiger partial charge in [-0.3, -0.25) is 0 Å². The number of rotatable bonds is 3. The van der Waals surface area contributed by atoms with Gasteiger partial charge in [-0.25, -0.2) is 0 Å². The SMILES string of the molecule is C[C@H]1[C@H]2OC(C)(C)O[C@H]2O[C@@H]1[C@H](C)CP(C)(C)=O. The van der Waals surface area contributed by atoms with Crippen LogP contribution in [0, 0.1) is 11.8 Å². The highest BCUT2D eigenvalue weighted by atomic mass is 31.2. The molecule has 0 aromatic rings. The van der Waals surface area contributed by atoms with Crippen molar-refractivity contribution in [1.82, 2.24) is 0 Å². The van der Waals surface area contributed by atoms with Gasteiger partial charge in [0.2, 0.25) is 0 Å². The fraction of sp³-hybridized carbons (Fsp3) is 1.00. The molecular formula is C13H25O4P. The van der Waals surface area contributed by atoms with Gasteiger partial charge in [-0.2, -0.15) is 0 Å². The van der Waals surface area contributed by atoms with Crippen LogP contribution < -0.4 is 0 Å². The predicted molar refractivity (Wildman–Crippen MR) is 71.3 cm³/mol. The van der Waals surface area contributed by atoms with Crippen LogP contribution in [-0.2, 0) is 18.8 Å². The van der Waals surface area contributed by atoms with E-state index in [1.807, 2.05) is 27.2 Å². The van der Waals surface area contributed by atoms with E-state index in [0.29, 0.717) is 6.16 Å². The van der Waals surface area contributed by atoms with Crippen LogP contribution in [0.3, 0.4) is 0 Å². The Hall–Kier alpha value is 0.110. The normalized spacial score (nSPS) is 40.8. The molecule has 106 valence electrons. The van der Waals surface area contributed by atoms with Crippen LogP contribution in [0.4, 0.5) is 0 Å². The first-order chi connectivity index (χ1) is 8.09. The lowest BCUT2D eigenvalue weighted by atomic mass is 9.93. The maximum Gasteiger partial charge on any atom is 0.187 e. The third kappa shape index (κ3) is 2.98. The Morgan fingerprint density at radius 2 is 1.89 bits per heavy atom. The van der Waals surface area contributed by atoms with E-state index in [2.05, 4.69) is 13.8 Å². The Morgan fingerprint density at radius 3 is 2.39 bits per heavy atom. The highest BCUT2D eigenvalue weighted by Crippen LogP contribution is 2.46. The first kappa shape index (κ1) is 14.5. The predicted octanol–water partition coefficient (Wildman–Crippen LogP) is 2.76. The minimum atomic E-state index is -2.02. The number of hydrogen-bond acceptors (Lipinski definition) is 4. The van der Waals surface area contributed by atoms with Crippen molar-refractivity contribution in [1.29, 1.82) is 0 Å². The summed E-state index contributed by atoms with van der Waals surface area (Å²) < 4.78 is 29.5. The van der Waals surface area contributed by atoms with Gasteiger partial charge in [0, 0.05) is 12.1 Å². The molecule has 0 N–H and O–H groups in total. The molecular weight excluding hydrogens is 251 g/mol. The number of hydrogen-bond donors (Lipinski definition) is 0. The van der Waals surface area contributed by atoms with E-state index in [9.17, 15) is 4.57 Å². The second-order valence-electron chi connectivity index (χ2n) is 6.66. The molecule has 0 aliphatic carbocycles. The first-order valence-corrected chi connectivity index (χ1v) is 9.43. The molecule has 2 saturated heterocycles. The zero-order valence-electron chi connectivity index (χ0n) is 12.2. The number of fused-ring (bicyclic) bond motifs is 1. The summed E-state index contributed by atoms with van der Waals surface area (Å²) >= 11 is 0. The van der Waals surface area contributed by atoms with Crippen molar-refractivity contribution in [3.05, 3.63) is 0 Å². The van der Waals surface area contributed by atoms with E-state index in [1.54, 1.807) is 0 Å². The van der Waals surface area contributed by atoms with Crippen molar-refractivity contribution >= 4 is 7.14 Å². The van der Waals surface area contributed by atoms with Crippen molar-refractivity contribution in [2.24, 2.45) is 11.8 Å². The van der Waals surface area contributed by atoms with Gasteiger partial charge >= 0.3 is 0 Å². The zero-order chi connectivity index (χ0) is 13.7. The molecule has 2 heterocycles. The average molecular weight is 276 g/mol. The van der Waals surface area contributed by atoms with E-state index in [4.69, 9.17) is 14.2 Å². The fourth-order valence-corrected chi connectivity index (χ4v) is 4.73. The smallest absolute Gasteiger partial charge is 0.187 e. The van der Waals surface area contributed by atoms with Crippen molar-refractivity contribution in [2.75, 3.05) is 19.5 Å². The van der Waals surface area contributed by atoms with Gasteiger partial charge in [0.1, 0.15) is 6.10 Å². The fourth-order valence-electron chi connectivity index (χ4n) is 3.13. The standard InChI is InChI=1S/C13H25O4P/c1-8(7-18(5,6)14)10-9(2)11-12(15-10)17-13(3,4)16-11/h8-12H,7H2,1-6H3/t8-,9-,10-,11-,12-/m1/s1. The maximum atomic E-state index is 11.9. The maximum absolute atomic E-state index is 11.9. The minimum Gasteiger partial charge on any atom is -0.346 e. The van der Waals surface area contributed by atoms with E-state index >= 15 is 0 Å². The van der Waals surface area contributed by atoms with Crippen LogP contribution in [0.5, 0.6) is 0 Å². The van der Waals surface area contributed by atoms with E-state index < -0.39 is 12.9 Å². The Balaban J connectivity index is 2.01. The summed E-state index contributed by atoms with van der Waals surface area (Å²) in [5.41, 5.74) is 0. The molecule has 0 saturated carbocycles. The largest absolute Gasteiger partial charge is 0.346 e. The molecule has 0 amide bonds. The summed E-state index contributed by atoms with van der Waals surface area (Å²) in [5, 5.41) is 0. The molecule has 0 bridgehead atoms. The monoisotopic (exact) mass is 276 g/mol. The van der Waals surface area contributed by atoms with Gasteiger partial charge in [-0.15, -0.1) is 0 Å². The molecule has 5 atom stereocenters. The second-order valence-corrected chi connectivity index (χ2v) is 10.2. The van der Waals surface area contributed by atoms with Crippen LogP contribution in [0.25, 0.3) is 0 Å². The van der Waals surface area contributed by atoms with Crippen LogP contribution >= 0.6 is 7.14 Å². The van der Waals surface area contributed by atoms with Crippen LogP contribution in [0.1, 0.15) is 27.7 Å². The lowest BCUT2D eigenvalue weighted by molar-refractivity contribution is -0.213. The topological polar surface area (TPSA) is 44.8 Å². The highest BCUT2D eigenvalue weighted by molar-refractivity contribution is 7.62. The van der Waals surface area contributed by atoms with Crippen molar-refractivity contribution < 1.29 is 18.8 Å². The van der Waals surface area contributed by atoms with Gasteiger partial charge in [0.05, 0.1) is 13.2 Å². The summed E-state index contributed by atoms with van der Waals surface area (Å²) in [6.45, 7) is 11.7. The molecule has 0 aromatic heterocycles. The van der Waals surface area contributed by atoms with Crippen LogP contribution in [-0.4, -0.2) is 43.8 Å². The average Bonchev–Trinajstić information content (AvgIpc) is 2.58. The third-order valence-electron chi connectivity index (χ3n) is 3.70. The quantitative estimate of drug-likeness (QED) is 0.743. The van der Waals surface area contributed by atoms with Crippen molar-refractivity contribution in [3.8, 4) is 0 Å². The molecule has 2 fully saturated rings. The number of ether oxygens (including phenoxy) is 3. The molecule has 5 heteroatoms. The summed E-state index contributed by atoms with van der Waals surface area (Å²) in [4.78, 5) is 0. The van der Waals surface area contributed by atoms with Gasteiger partial charge in [0.25, 0.3) is 0 Å². The first-order valence-electron chi connectivity index (χ1n) is 6.64. The molecule has 0 unspecified atom stereocenters. The molecule has 0 spiro atoms. The molecule has 2 aliphatic heterocycles. The molecule has 0 radical (unpaired) electrons. The Bertz CT molecular complexity index is 362. The lowest BCUT2D eigenvalue weighted by Gasteiger charge is -2.28. The Kier molecular flexibility index (Phi) is 3.70. The minimum absolute atomic E-state index is 0.000507. The molecule has 2 aliphatic rings. The van der Waals surface area contributed by atoms with Gasteiger partial charge in [-0.1, -0.05) is 13.8 Å². The van der Waals surface area contributed by atoms with E-state index in [1.165, 1.54) is 0 Å². The van der Waals surface area contributed by atoms with Crippen molar-refractivity contribution in [3.63, 3.8) is 0 Å². The summed E-state index contributed by atoms with van der Waals surface area (Å²) in [6.07, 6.45) is 0.519. The van der Waals surface area contributed by atoms with Crippen molar-refractivity contribution in [2.45, 2.75) is 52.0 Å². The molecule has 0 aromatic carbocycles. The second kappa shape index (κ2) is 4.59. The van der Waals surface area contributed by atoms with E-state index in [0.717, 1.165) is 0 Å². The lowest BCUT2D eigenvalue weighted by Crippen LogP contribution is -2.33. The summed E-state index contributed by atoms with van der Waals surface area (Å²) in [6, 6.07) is 0. The highest BCUT2D eigenvalue weighted by Gasteiger charge is 2.53. The van der Waals surface area contributed by atoms with Crippen LogP contribution in [0.2, 0.25) is 0 Å². The van der Waals surface area contributed by atoms with Gasteiger partial charge in [0.15, 0.2) is 12.1 Å². The van der Waals surface area contributed by atoms with Crippen LogP contribution in [0.15, 0.2) is 0 Å². The Morgan fingerprint density at radius 1 is 1.28 bits per heavy atom.